The fourth-order valence-corrected chi connectivity index (χ4v) is 2.31. The molecule has 0 radical (unpaired) electrons. The fraction of sp³-hybridized carbons (Fsp3) is 0.250. The molecule has 0 amide bonds. The molecule has 0 spiro atoms. The van der Waals surface area contributed by atoms with Crippen LogP contribution in [0.2, 0.25) is 5.02 Å². The quantitative estimate of drug-likeness (QED) is 0.793. The predicted octanol–water partition coefficient (Wildman–Crippen LogP) is 2.21. The number of nitrogen functional groups attached to an aromatic ring is 1. The molecule has 3 rings (SSSR count). The second kappa shape index (κ2) is 4.55. The van der Waals surface area contributed by atoms with Crippen molar-refractivity contribution in [2.75, 3.05) is 5.73 Å². The van der Waals surface area contributed by atoms with Gasteiger partial charge in [-0.2, -0.15) is 4.98 Å². The lowest BCUT2D eigenvalue weighted by atomic mass is 10.3. The molecule has 7 heteroatoms. The number of imidazole rings is 1. The van der Waals surface area contributed by atoms with Crippen molar-refractivity contribution in [2.24, 2.45) is 0 Å². The molecule has 2 heterocycles. The minimum Gasteiger partial charge on any atom is -0.369 e. The average Bonchev–Trinajstić information content (AvgIpc) is 2.91. The van der Waals surface area contributed by atoms with E-state index in [1.165, 1.54) is 0 Å². The van der Waals surface area contributed by atoms with Crippen LogP contribution < -0.4 is 5.73 Å². The van der Waals surface area contributed by atoms with E-state index in [0.29, 0.717) is 35.7 Å². The Labute approximate surface area is 114 Å². The molecule has 0 aliphatic rings. The number of fused-ring (bicyclic) bond motifs is 1. The van der Waals surface area contributed by atoms with Crippen molar-refractivity contribution >= 4 is 28.6 Å². The van der Waals surface area contributed by atoms with E-state index in [1.807, 2.05) is 22.8 Å². The Balaban J connectivity index is 1.94. The maximum absolute atomic E-state index is 6.19. The van der Waals surface area contributed by atoms with Gasteiger partial charge in [-0.15, -0.1) is 0 Å². The van der Waals surface area contributed by atoms with Gasteiger partial charge >= 0.3 is 0 Å². The highest BCUT2D eigenvalue weighted by atomic mass is 35.5. The van der Waals surface area contributed by atoms with E-state index < -0.39 is 0 Å². The number of anilines is 1. The van der Waals surface area contributed by atoms with Gasteiger partial charge in [0.1, 0.15) is 0 Å². The molecule has 6 nitrogen and oxygen atoms in total. The third-order valence-corrected chi connectivity index (χ3v) is 3.17. The topological polar surface area (TPSA) is 82.8 Å². The second-order valence-corrected chi connectivity index (χ2v) is 4.62. The molecule has 0 aliphatic carbocycles. The number of aryl methyl sites for hydroxylation is 3. The van der Waals surface area contributed by atoms with Crippen molar-refractivity contribution in [1.82, 2.24) is 19.7 Å². The highest BCUT2D eigenvalue weighted by Gasteiger charge is 2.12. The van der Waals surface area contributed by atoms with Gasteiger partial charge in [-0.3, -0.25) is 0 Å². The van der Waals surface area contributed by atoms with Gasteiger partial charge in [-0.05, 0) is 19.1 Å². The number of hydrogen-bond acceptors (Lipinski definition) is 5. The Bertz CT molecular complexity index is 733. The van der Waals surface area contributed by atoms with Crippen molar-refractivity contribution in [1.29, 1.82) is 0 Å². The maximum atomic E-state index is 6.19. The highest BCUT2D eigenvalue weighted by Crippen LogP contribution is 2.25. The third-order valence-electron chi connectivity index (χ3n) is 2.87. The van der Waals surface area contributed by atoms with Crippen molar-refractivity contribution in [2.45, 2.75) is 19.9 Å². The number of benzene rings is 1. The SMILES string of the molecule is Cc1noc(CCn2c(N)nc3cccc(Cl)c32)n1. The Morgan fingerprint density at radius 2 is 2.21 bits per heavy atom. The van der Waals surface area contributed by atoms with Crippen LogP contribution in [0.5, 0.6) is 0 Å². The van der Waals surface area contributed by atoms with Gasteiger partial charge in [-0.1, -0.05) is 22.8 Å². The summed E-state index contributed by atoms with van der Waals surface area (Å²) in [5.74, 6) is 1.63. The van der Waals surface area contributed by atoms with Crippen LogP contribution in [0.4, 0.5) is 5.95 Å². The second-order valence-electron chi connectivity index (χ2n) is 4.21. The summed E-state index contributed by atoms with van der Waals surface area (Å²) in [7, 11) is 0. The molecular weight excluding hydrogens is 266 g/mol. The van der Waals surface area contributed by atoms with E-state index in [1.54, 1.807) is 6.92 Å². The zero-order valence-electron chi connectivity index (χ0n) is 10.3. The van der Waals surface area contributed by atoms with Crippen LogP contribution in [0.15, 0.2) is 22.7 Å². The molecule has 3 aromatic rings. The molecule has 0 saturated carbocycles. The molecule has 0 fully saturated rings. The molecule has 0 bridgehead atoms. The largest absolute Gasteiger partial charge is 0.369 e. The molecule has 0 saturated heterocycles. The van der Waals surface area contributed by atoms with Crippen LogP contribution >= 0.6 is 11.6 Å². The summed E-state index contributed by atoms with van der Waals surface area (Å²) in [6.45, 7) is 2.37. The van der Waals surface area contributed by atoms with Gasteiger partial charge in [0.15, 0.2) is 5.82 Å². The van der Waals surface area contributed by atoms with Crippen molar-refractivity contribution < 1.29 is 4.52 Å². The van der Waals surface area contributed by atoms with Gasteiger partial charge in [0, 0.05) is 13.0 Å². The predicted molar refractivity (Wildman–Crippen MR) is 71.9 cm³/mol. The first-order chi connectivity index (χ1) is 9.15. The Morgan fingerprint density at radius 1 is 1.37 bits per heavy atom. The molecule has 19 heavy (non-hydrogen) atoms. The van der Waals surface area contributed by atoms with Crippen LogP contribution in [0, 0.1) is 6.92 Å². The molecule has 0 atom stereocenters. The van der Waals surface area contributed by atoms with Crippen LogP contribution in [0.3, 0.4) is 0 Å². The van der Waals surface area contributed by atoms with E-state index in [2.05, 4.69) is 15.1 Å². The van der Waals surface area contributed by atoms with Crippen LogP contribution in [-0.4, -0.2) is 19.7 Å². The van der Waals surface area contributed by atoms with E-state index in [0.717, 1.165) is 11.0 Å². The van der Waals surface area contributed by atoms with E-state index in [9.17, 15) is 0 Å². The van der Waals surface area contributed by atoms with Crippen molar-refractivity contribution in [3.8, 4) is 0 Å². The van der Waals surface area contributed by atoms with Crippen LogP contribution in [0.1, 0.15) is 11.7 Å². The maximum Gasteiger partial charge on any atom is 0.228 e. The number of nitrogens with zero attached hydrogens (tertiary/aromatic N) is 4. The first-order valence-electron chi connectivity index (χ1n) is 5.84. The third kappa shape index (κ3) is 2.15. The van der Waals surface area contributed by atoms with Gasteiger partial charge in [0.05, 0.1) is 16.1 Å². The normalized spacial score (nSPS) is 11.3. The smallest absolute Gasteiger partial charge is 0.228 e. The summed E-state index contributed by atoms with van der Waals surface area (Å²) >= 11 is 6.19. The number of para-hydroxylation sites is 1. The van der Waals surface area contributed by atoms with Gasteiger partial charge in [-0.25, -0.2) is 4.98 Å². The molecule has 98 valence electrons. The minimum atomic E-state index is 0.430. The molecular formula is C12H12ClN5O. The lowest BCUT2D eigenvalue weighted by molar-refractivity contribution is 0.369. The van der Waals surface area contributed by atoms with E-state index in [-0.39, 0.29) is 0 Å². The monoisotopic (exact) mass is 277 g/mol. The number of aromatic nitrogens is 4. The van der Waals surface area contributed by atoms with Gasteiger partial charge < -0.3 is 14.8 Å². The zero-order valence-corrected chi connectivity index (χ0v) is 11.1. The zero-order chi connectivity index (χ0) is 13.4. The van der Waals surface area contributed by atoms with Crippen molar-refractivity contribution in [3.63, 3.8) is 0 Å². The number of rotatable bonds is 3. The summed E-state index contributed by atoms with van der Waals surface area (Å²) < 4.78 is 6.93. The Hall–Kier alpha value is -2.08. The summed E-state index contributed by atoms with van der Waals surface area (Å²) in [6, 6.07) is 5.55. The van der Waals surface area contributed by atoms with E-state index >= 15 is 0 Å². The lowest BCUT2D eigenvalue weighted by Gasteiger charge is -2.05. The molecule has 2 N–H and O–H groups in total. The lowest BCUT2D eigenvalue weighted by Crippen LogP contribution is -2.06. The molecule has 0 unspecified atom stereocenters. The van der Waals surface area contributed by atoms with Crippen LogP contribution in [-0.2, 0) is 13.0 Å². The first-order valence-corrected chi connectivity index (χ1v) is 6.22. The molecule has 1 aromatic carbocycles. The number of hydrogen-bond donors (Lipinski definition) is 1. The van der Waals surface area contributed by atoms with Gasteiger partial charge in [0.2, 0.25) is 11.8 Å². The Kier molecular flexibility index (Phi) is 2.87. The fourth-order valence-electron chi connectivity index (χ4n) is 2.04. The Morgan fingerprint density at radius 3 is 2.95 bits per heavy atom. The number of halogens is 1. The van der Waals surface area contributed by atoms with Crippen LogP contribution in [0.25, 0.3) is 11.0 Å². The van der Waals surface area contributed by atoms with Crippen molar-refractivity contribution in [3.05, 3.63) is 34.9 Å². The van der Waals surface area contributed by atoms with Gasteiger partial charge in [0.25, 0.3) is 0 Å². The summed E-state index contributed by atoms with van der Waals surface area (Å²) in [5.41, 5.74) is 7.53. The summed E-state index contributed by atoms with van der Waals surface area (Å²) in [4.78, 5) is 8.44. The highest BCUT2D eigenvalue weighted by molar-refractivity contribution is 6.35. The molecule has 2 aromatic heterocycles. The number of nitrogens with two attached hydrogens (primary N) is 1. The summed E-state index contributed by atoms with van der Waals surface area (Å²) in [6.07, 6.45) is 0.585. The molecule has 0 aliphatic heterocycles. The summed E-state index contributed by atoms with van der Waals surface area (Å²) in [5, 5.41) is 4.38. The minimum absolute atomic E-state index is 0.430. The average molecular weight is 278 g/mol. The van der Waals surface area contributed by atoms with E-state index in [4.69, 9.17) is 21.9 Å². The standard InChI is InChI=1S/C12H12ClN5O/c1-7-15-10(19-17-7)5-6-18-11-8(13)3-2-4-9(11)16-12(18)14/h2-4H,5-6H2,1H3,(H2,14,16). The first kappa shape index (κ1) is 12.0.